The molecule has 0 bridgehead atoms. The smallest absolute Gasteiger partial charge is 0.471 e. The molecule has 7 nitrogen and oxygen atoms in total. The molecule has 0 atom stereocenters. The van der Waals surface area contributed by atoms with Crippen molar-refractivity contribution in [2.75, 3.05) is 5.32 Å². The quantitative estimate of drug-likeness (QED) is 0.627. The lowest BCUT2D eigenvalue weighted by Crippen LogP contribution is -2.29. The Morgan fingerprint density at radius 3 is 2.61 bits per heavy atom. The Bertz CT molecular complexity index is 623. The Morgan fingerprint density at radius 1 is 1.39 bits per heavy atom. The normalized spacial score (nSPS) is 16.4. The van der Waals surface area contributed by atoms with Gasteiger partial charge in [-0.1, -0.05) is 5.16 Å². The van der Waals surface area contributed by atoms with Gasteiger partial charge in [-0.15, -0.1) is 11.3 Å². The SMILES string of the molecule is O=C(O)/C(=N/OC1CCCC1)c1csc(NC(=O)C(F)(F)F)n1. The second-order valence-electron chi connectivity index (χ2n) is 4.75. The highest BCUT2D eigenvalue weighted by atomic mass is 32.1. The zero-order valence-electron chi connectivity index (χ0n) is 11.6. The first-order valence-corrected chi connectivity index (χ1v) is 7.46. The molecule has 1 fully saturated rings. The maximum Gasteiger partial charge on any atom is 0.471 e. The summed E-state index contributed by atoms with van der Waals surface area (Å²) in [5, 5.41) is 15.0. The van der Waals surface area contributed by atoms with E-state index >= 15 is 0 Å². The first-order chi connectivity index (χ1) is 10.8. The lowest BCUT2D eigenvalue weighted by Gasteiger charge is -2.07. The largest absolute Gasteiger partial charge is 0.476 e. The molecule has 1 aromatic rings. The maximum absolute atomic E-state index is 12.1. The molecule has 0 aromatic carbocycles. The van der Waals surface area contributed by atoms with Crippen LogP contribution >= 0.6 is 11.3 Å². The number of alkyl halides is 3. The van der Waals surface area contributed by atoms with Crippen LogP contribution in [0.1, 0.15) is 31.4 Å². The number of rotatable bonds is 5. The fourth-order valence-electron chi connectivity index (χ4n) is 1.92. The predicted octanol–water partition coefficient (Wildman–Crippen LogP) is 2.39. The summed E-state index contributed by atoms with van der Waals surface area (Å²) >= 11 is 0.655. The summed E-state index contributed by atoms with van der Waals surface area (Å²) in [5.74, 6) is -3.61. The summed E-state index contributed by atoms with van der Waals surface area (Å²) in [6.07, 6.45) is -1.77. The van der Waals surface area contributed by atoms with Gasteiger partial charge in [0, 0.05) is 5.38 Å². The summed E-state index contributed by atoms with van der Waals surface area (Å²) in [6, 6.07) is 0. The van der Waals surface area contributed by atoms with Crippen molar-refractivity contribution in [3.05, 3.63) is 11.1 Å². The Balaban J connectivity index is 2.09. The summed E-state index contributed by atoms with van der Waals surface area (Å²) < 4.78 is 36.4. The van der Waals surface area contributed by atoms with Crippen molar-refractivity contribution in [3.63, 3.8) is 0 Å². The summed E-state index contributed by atoms with van der Waals surface area (Å²) in [5.41, 5.74) is -0.710. The molecule has 1 saturated carbocycles. The van der Waals surface area contributed by atoms with Gasteiger partial charge < -0.3 is 9.94 Å². The van der Waals surface area contributed by atoms with E-state index in [0.717, 1.165) is 25.7 Å². The van der Waals surface area contributed by atoms with E-state index in [0.29, 0.717) is 11.3 Å². The molecule has 23 heavy (non-hydrogen) atoms. The Hall–Kier alpha value is -2.17. The van der Waals surface area contributed by atoms with Gasteiger partial charge >= 0.3 is 18.1 Å². The number of nitrogens with zero attached hydrogens (tertiary/aromatic N) is 2. The zero-order chi connectivity index (χ0) is 17.0. The van der Waals surface area contributed by atoms with Crippen molar-refractivity contribution < 1.29 is 32.7 Å². The van der Waals surface area contributed by atoms with E-state index in [9.17, 15) is 22.8 Å². The second-order valence-corrected chi connectivity index (χ2v) is 5.60. The van der Waals surface area contributed by atoms with Crippen molar-refractivity contribution in [3.8, 4) is 0 Å². The molecule has 1 aliphatic rings. The topological polar surface area (TPSA) is 101 Å². The molecule has 2 N–H and O–H groups in total. The predicted molar refractivity (Wildman–Crippen MR) is 74.3 cm³/mol. The summed E-state index contributed by atoms with van der Waals surface area (Å²) in [6.45, 7) is 0. The standard InChI is InChI=1S/C12H12F3N3O4S/c13-12(14,15)10(21)17-11-16-7(5-23-11)8(9(19)20)18-22-6-3-1-2-4-6/h5-6H,1-4H2,(H,19,20)(H,16,17,21)/b18-8+. The number of anilines is 1. The van der Waals surface area contributed by atoms with Gasteiger partial charge in [0.05, 0.1) is 0 Å². The Morgan fingerprint density at radius 2 is 2.04 bits per heavy atom. The molecule has 1 amide bonds. The van der Waals surface area contributed by atoms with Gasteiger partial charge in [0.1, 0.15) is 11.8 Å². The molecular formula is C12H12F3N3O4S. The van der Waals surface area contributed by atoms with Gasteiger partial charge in [0.25, 0.3) is 0 Å². The molecule has 0 radical (unpaired) electrons. The number of amides is 1. The molecule has 1 aliphatic carbocycles. The third-order valence-electron chi connectivity index (χ3n) is 3.02. The fourth-order valence-corrected chi connectivity index (χ4v) is 2.61. The van der Waals surface area contributed by atoms with Crippen molar-refractivity contribution >= 4 is 34.1 Å². The average molecular weight is 351 g/mol. The lowest BCUT2D eigenvalue weighted by molar-refractivity contribution is -0.167. The van der Waals surface area contributed by atoms with Crippen LogP contribution in [0, 0.1) is 0 Å². The van der Waals surface area contributed by atoms with Crippen LogP contribution in [0.5, 0.6) is 0 Å². The van der Waals surface area contributed by atoms with Gasteiger partial charge in [-0.25, -0.2) is 9.78 Å². The number of hydrogen-bond donors (Lipinski definition) is 2. The first-order valence-electron chi connectivity index (χ1n) is 6.58. The molecule has 0 spiro atoms. The Kier molecular flexibility index (Phi) is 5.19. The molecule has 0 unspecified atom stereocenters. The number of nitrogens with one attached hydrogen (secondary N) is 1. The molecule has 1 aromatic heterocycles. The summed E-state index contributed by atoms with van der Waals surface area (Å²) in [7, 11) is 0. The van der Waals surface area contributed by atoms with E-state index in [1.54, 1.807) is 5.32 Å². The van der Waals surface area contributed by atoms with Gasteiger partial charge in [-0.05, 0) is 25.7 Å². The monoisotopic (exact) mass is 351 g/mol. The maximum atomic E-state index is 12.1. The van der Waals surface area contributed by atoms with Crippen LogP contribution in [-0.4, -0.2) is 40.0 Å². The molecular weight excluding hydrogens is 339 g/mol. The highest BCUT2D eigenvalue weighted by molar-refractivity contribution is 7.14. The van der Waals surface area contributed by atoms with Crippen molar-refractivity contribution in [1.82, 2.24) is 4.98 Å². The minimum absolute atomic E-state index is 0.174. The van der Waals surface area contributed by atoms with E-state index in [2.05, 4.69) is 10.1 Å². The van der Waals surface area contributed by atoms with Crippen LogP contribution in [-0.2, 0) is 14.4 Å². The first kappa shape index (κ1) is 17.2. The number of oxime groups is 1. The van der Waals surface area contributed by atoms with E-state index in [-0.39, 0.29) is 16.9 Å². The molecule has 2 rings (SSSR count). The van der Waals surface area contributed by atoms with E-state index < -0.39 is 23.8 Å². The van der Waals surface area contributed by atoms with Crippen LogP contribution in [0.4, 0.5) is 18.3 Å². The summed E-state index contributed by atoms with van der Waals surface area (Å²) in [4.78, 5) is 30.7. The van der Waals surface area contributed by atoms with Crippen molar-refractivity contribution in [2.45, 2.75) is 38.0 Å². The fraction of sp³-hybridized carbons (Fsp3) is 0.500. The third kappa shape index (κ3) is 4.65. The number of carboxylic acids is 1. The number of hydrogen-bond acceptors (Lipinski definition) is 6. The number of carboxylic acid groups (broad SMARTS) is 1. The van der Waals surface area contributed by atoms with Crippen LogP contribution in [0.15, 0.2) is 10.5 Å². The Labute approximate surface area is 132 Å². The average Bonchev–Trinajstić information content (AvgIpc) is 3.09. The van der Waals surface area contributed by atoms with Crippen molar-refractivity contribution in [1.29, 1.82) is 0 Å². The van der Waals surface area contributed by atoms with Crippen LogP contribution in [0.3, 0.4) is 0 Å². The number of aliphatic carboxylic acids is 1. The number of aromatic nitrogens is 1. The molecule has 0 saturated heterocycles. The highest BCUT2D eigenvalue weighted by Crippen LogP contribution is 2.23. The number of carbonyl (C=O) groups excluding carboxylic acids is 1. The van der Waals surface area contributed by atoms with Crippen molar-refractivity contribution in [2.24, 2.45) is 5.16 Å². The number of halogens is 3. The highest BCUT2D eigenvalue weighted by Gasteiger charge is 2.39. The molecule has 1 heterocycles. The van der Waals surface area contributed by atoms with Gasteiger partial charge in [-0.3, -0.25) is 10.1 Å². The second kappa shape index (κ2) is 6.94. The van der Waals surface area contributed by atoms with Crippen LogP contribution in [0.2, 0.25) is 0 Å². The van der Waals surface area contributed by atoms with Gasteiger partial charge in [-0.2, -0.15) is 13.2 Å². The minimum atomic E-state index is -5.05. The molecule has 0 aliphatic heterocycles. The van der Waals surface area contributed by atoms with E-state index in [1.165, 1.54) is 5.38 Å². The van der Waals surface area contributed by atoms with Crippen LogP contribution < -0.4 is 5.32 Å². The number of carbonyl (C=O) groups is 2. The van der Waals surface area contributed by atoms with E-state index in [1.807, 2.05) is 0 Å². The van der Waals surface area contributed by atoms with Crippen LogP contribution in [0.25, 0.3) is 0 Å². The third-order valence-corrected chi connectivity index (χ3v) is 3.78. The van der Waals surface area contributed by atoms with Gasteiger partial charge in [0.15, 0.2) is 5.13 Å². The number of thiazole rings is 1. The zero-order valence-corrected chi connectivity index (χ0v) is 12.4. The molecule has 126 valence electrons. The van der Waals surface area contributed by atoms with E-state index in [4.69, 9.17) is 9.94 Å². The van der Waals surface area contributed by atoms with Gasteiger partial charge in [0.2, 0.25) is 5.71 Å². The molecule has 11 heteroatoms. The lowest BCUT2D eigenvalue weighted by atomic mass is 10.3. The minimum Gasteiger partial charge on any atom is -0.476 e.